The number of carbonyl (C=O) groups excluding carboxylic acids is 3. The predicted molar refractivity (Wildman–Crippen MR) is 124 cm³/mol. The smallest absolute Gasteiger partial charge is 0.254 e. The second-order valence-corrected chi connectivity index (χ2v) is 9.48. The van der Waals surface area contributed by atoms with E-state index in [0.717, 1.165) is 19.3 Å². The summed E-state index contributed by atoms with van der Waals surface area (Å²) in [5, 5.41) is 12.7. The van der Waals surface area contributed by atoms with Gasteiger partial charge in [0.2, 0.25) is 5.91 Å². The molecule has 5 rings (SSSR count). The van der Waals surface area contributed by atoms with Crippen LogP contribution in [0.2, 0.25) is 0 Å². The molecule has 1 heterocycles. The van der Waals surface area contributed by atoms with Crippen molar-refractivity contribution in [2.75, 3.05) is 31.5 Å². The molecule has 2 saturated carbocycles. The molecule has 2 aliphatic carbocycles. The summed E-state index contributed by atoms with van der Waals surface area (Å²) < 4.78 is 15.1. The van der Waals surface area contributed by atoms with Crippen LogP contribution in [0.25, 0.3) is 11.1 Å². The van der Waals surface area contributed by atoms with Crippen LogP contribution < -0.4 is 5.32 Å². The van der Waals surface area contributed by atoms with E-state index in [1.807, 2.05) is 0 Å². The van der Waals surface area contributed by atoms with Crippen molar-refractivity contribution < 1.29 is 23.9 Å². The van der Waals surface area contributed by atoms with Gasteiger partial charge in [0.05, 0.1) is 5.69 Å². The Balaban J connectivity index is 1.23. The molecule has 0 unspecified atom stereocenters. The maximum Gasteiger partial charge on any atom is 0.254 e. The highest BCUT2D eigenvalue weighted by Crippen LogP contribution is 2.37. The molecule has 0 radical (unpaired) electrons. The number of piperazine rings is 1. The van der Waals surface area contributed by atoms with Gasteiger partial charge in [-0.1, -0.05) is 30.7 Å². The van der Waals surface area contributed by atoms with Gasteiger partial charge in [0.25, 0.3) is 11.8 Å². The van der Waals surface area contributed by atoms with Crippen LogP contribution >= 0.6 is 0 Å². The topological polar surface area (TPSA) is 90.0 Å². The Labute approximate surface area is 197 Å². The maximum absolute atomic E-state index is 15.1. The Morgan fingerprint density at radius 1 is 0.941 bits per heavy atom. The molecular formula is C26H28FN3O4. The lowest BCUT2D eigenvalue weighted by Gasteiger charge is -2.35. The zero-order valence-corrected chi connectivity index (χ0v) is 18.9. The van der Waals surface area contributed by atoms with Crippen molar-refractivity contribution in [3.8, 4) is 11.1 Å². The third-order valence-electron chi connectivity index (χ3n) is 7.15. The van der Waals surface area contributed by atoms with Gasteiger partial charge in [0, 0.05) is 43.2 Å². The molecule has 0 aromatic heterocycles. The van der Waals surface area contributed by atoms with Gasteiger partial charge in [0.1, 0.15) is 5.60 Å². The first-order chi connectivity index (χ1) is 16.4. The third-order valence-corrected chi connectivity index (χ3v) is 7.15. The predicted octanol–water partition coefficient (Wildman–Crippen LogP) is 3.04. The van der Waals surface area contributed by atoms with Gasteiger partial charge in [-0.25, -0.2) is 4.39 Å². The molecule has 3 amide bonds. The molecule has 3 fully saturated rings. The van der Waals surface area contributed by atoms with E-state index in [1.165, 1.54) is 0 Å². The summed E-state index contributed by atoms with van der Waals surface area (Å²) in [4.78, 5) is 40.7. The van der Waals surface area contributed by atoms with Crippen molar-refractivity contribution in [1.29, 1.82) is 0 Å². The Morgan fingerprint density at radius 2 is 1.59 bits per heavy atom. The minimum Gasteiger partial charge on any atom is -0.380 e. The van der Waals surface area contributed by atoms with Crippen LogP contribution in [-0.2, 0) is 9.59 Å². The van der Waals surface area contributed by atoms with E-state index in [4.69, 9.17) is 0 Å². The van der Waals surface area contributed by atoms with Crippen molar-refractivity contribution in [1.82, 2.24) is 9.80 Å². The van der Waals surface area contributed by atoms with Crippen LogP contribution in [0, 0.1) is 11.7 Å². The fourth-order valence-corrected chi connectivity index (χ4v) is 4.47. The van der Waals surface area contributed by atoms with Crippen molar-refractivity contribution in [2.24, 2.45) is 5.92 Å². The van der Waals surface area contributed by atoms with E-state index in [1.54, 1.807) is 52.3 Å². The normalized spacial score (nSPS) is 19.4. The molecule has 34 heavy (non-hydrogen) atoms. The zero-order valence-electron chi connectivity index (χ0n) is 18.9. The molecule has 7 nitrogen and oxygen atoms in total. The summed E-state index contributed by atoms with van der Waals surface area (Å²) >= 11 is 0. The number of nitrogens with one attached hydrogen (secondary N) is 1. The number of halogens is 1. The lowest BCUT2D eigenvalue weighted by molar-refractivity contribution is -0.143. The first kappa shape index (κ1) is 22.5. The Hall–Kier alpha value is -3.26. The fourth-order valence-electron chi connectivity index (χ4n) is 4.47. The van der Waals surface area contributed by atoms with Crippen LogP contribution in [0.4, 0.5) is 10.1 Å². The molecule has 2 N–H and O–H groups in total. The summed E-state index contributed by atoms with van der Waals surface area (Å²) in [5.41, 5.74) is 0.434. The summed E-state index contributed by atoms with van der Waals surface area (Å²) in [5.74, 6) is -1.06. The van der Waals surface area contributed by atoms with Crippen LogP contribution in [0.15, 0.2) is 42.5 Å². The highest BCUT2D eigenvalue weighted by atomic mass is 19.1. The van der Waals surface area contributed by atoms with Gasteiger partial charge >= 0.3 is 0 Å². The van der Waals surface area contributed by atoms with E-state index in [2.05, 4.69) is 5.32 Å². The lowest BCUT2D eigenvalue weighted by Crippen LogP contribution is -2.53. The Morgan fingerprint density at radius 3 is 2.18 bits per heavy atom. The molecule has 1 saturated heterocycles. The van der Waals surface area contributed by atoms with E-state index >= 15 is 4.39 Å². The van der Waals surface area contributed by atoms with Crippen LogP contribution in [-0.4, -0.2) is 64.4 Å². The van der Waals surface area contributed by atoms with E-state index in [-0.39, 0.29) is 29.3 Å². The molecule has 0 spiro atoms. The third kappa shape index (κ3) is 4.30. The van der Waals surface area contributed by atoms with Gasteiger partial charge in [-0.05, 0) is 49.4 Å². The Kier molecular flexibility index (Phi) is 5.85. The number of anilines is 1. The maximum atomic E-state index is 15.1. The highest BCUT2D eigenvalue weighted by molar-refractivity contribution is 5.96. The summed E-state index contributed by atoms with van der Waals surface area (Å²) in [6.45, 7) is 1.60. The van der Waals surface area contributed by atoms with Gasteiger partial charge in [0.15, 0.2) is 5.82 Å². The fraction of sp³-hybridized carbons (Fsp3) is 0.423. The zero-order chi connectivity index (χ0) is 23.9. The monoisotopic (exact) mass is 465 g/mol. The number of rotatable bonds is 5. The van der Waals surface area contributed by atoms with E-state index in [9.17, 15) is 19.5 Å². The van der Waals surface area contributed by atoms with Crippen LogP contribution in [0.1, 0.15) is 42.5 Å². The number of hydrogen-bond acceptors (Lipinski definition) is 4. The minimum absolute atomic E-state index is 0.0354. The second kappa shape index (κ2) is 8.83. The summed E-state index contributed by atoms with van der Waals surface area (Å²) in [6.07, 6.45) is 3.73. The molecule has 0 atom stereocenters. The van der Waals surface area contributed by atoms with Gasteiger partial charge in [-0.2, -0.15) is 0 Å². The van der Waals surface area contributed by atoms with E-state index < -0.39 is 11.4 Å². The molecular weight excluding hydrogens is 437 g/mol. The number of benzene rings is 2. The first-order valence-corrected chi connectivity index (χ1v) is 11.9. The molecule has 2 aromatic carbocycles. The number of amides is 3. The molecule has 3 aliphatic rings. The SMILES string of the molecule is O=C(Nc1cccc(-c2ccc(C(=O)N3CCN(C(=O)C4(O)CC4)CC3)cc2)c1F)C1CCC1. The standard InChI is InChI=1S/C26H28FN3O4/c27-22-20(5-2-6-21(22)28-23(31)18-3-1-4-18)17-7-9-19(10-8-17)24(32)29-13-15-30(16-14-29)25(33)26(34)11-12-26/h2,5-10,18,34H,1,3-4,11-16H2,(H,28,31). The second-order valence-electron chi connectivity index (χ2n) is 9.48. The first-order valence-electron chi connectivity index (χ1n) is 11.9. The molecule has 178 valence electrons. The molecule has 2 aromatic rings. The highest BCUT2D eigenvalue weighted by Gasteiger charge is 2.50. The largest absolute Gasteiger partial charge is 0.380 e. The Bertz CT molecular complexity index is 1120. The molecule has 0 bridgehead atoms. The van der Waals surface area contributed by atoms with Gasteiger partial charge < -0.3 is 20.2 Å². The van der Waals surface area contributed by atoms with Gasteiger partial charge in [-0.3, -0.25) is 14.4 Å². The summed E-state index contributed by atoms with van der Waals surface area (Å²) in [7, 11) is 0. The van der Waals surface area contributed by atoms with Crippen molar-refractivity contribution in [3.05, 3.63) is 53.8 Å². The average Bonchev–Trinajstić information content (AvgIpc) is 3.57. The van der Waals surface area contributed by atoms with Crippen LogP contribution in [0.3, 0.4) is 0 Å². The quantitative estimate of drug-likeness (QED) is 0.710. The minimum atomic E-state index is -1.19. The van der Waals surface area contributed by atoms with Gasteiger partial charge in [-0.15, -0.1) is 0 Å². The molecule has 1 aliphatic heterocycles. The van der Waals surface area contributed by atoms with Crippen molar-refractivity contribution in [3.63, 3.8) is 0 Å². The van der Waals surface area contributed by atoms with E-state index in [0.29, 0.717) is 55.7 Å². The summed E-state index contributed by atoms with van der Waals surface area (Å²) in [6, 6.07) is 11.6. The van der Waals surface area contributed by atoms with Crippen molar-refractivity contribution in [2.45, 2.75) is 37.7 Å². The number of nitrogens with zero attached hydrogens (tertiary/aromatic N) is 2. The number of hydrogen-bond donors (Lipinski definition) is 2. The van der Waals surface area contributed by atoms with Crippen molar-refractivity contribution >= 4 is 23.4 Å². The number of aliphatic hydroxyl groups is 1. The lowest BCUT2D eigenvalue weighted by atomic mass is 9.85. The van der Waals surface area contributed by atoms with Crippen LogP contribution in [0.5, 0.6) is 0 Å². The number of carbonyl (C=O) groups is 3. The molecule has 8 heteroatoms. The average molecular weight is 466 g/mol.